The summed E-state index contributed by atoms with van der Waals surface area (Å²) in [6.07, 6.45) is 5.65. The Labute approximate surface area is 152 Å². The summed E-state index contributed by atoms with van der Waals surface area (Å²) >= 11 is 0. The van der Waals surface area contributed by atoms with Gasteiger partial charge < -0.3 is 10.0 Å². The maximum atomic E-state index is 13.0. The van der Waals surface area contributed by atoms with Crippen LogP contribution in [0, 0.1) is 0 Å². The van der Waals surface area contributed by atoms with Crippen LogP contribution < -0.4 is 0 Å². The quantitative estimate of drug-likeness (QED) is 0.784. The van der Waals surface area contributed by atoms with Gasteiger partial charge in [-0.15, -0.1) is 0 Å². The minimum absolute atomic E-state index is 0.0650. The van der Waals surface area contributed by atoms with Crippen molar-refractivity contribution < 1.29 is 9.90 Å². The standard InChI is InChI=1S/C20H22N4O2/c25-12-11-24-10-7-19(22-24)17-4-2-9-23(14-17)20(26)16-5-6-18-15(13-16)3-1-8-21-18/h1,3,5-8,10,13,17,25H,2,4,9,11-12,14H2/t17-/m0/s1. The van der Waals surface area contributed by atoms with Gasteiger partial charge in [-0.3, -0.25) is 14.5 Å². The molecule has 0 spiro atoms. The number of likely N-dealkylation sites (tertiary alicyclic amines) is 1. The zero-order valence-electron chi connectivity index (χ0n) is 14.6. The fraction of sp³-hybridized carbons (Fsp3) is 0.350. The average molecular weight is 350 g/mol. The topological polar surface area (TPSA) is 71.2 Å². The molecule has 6 nitrogen and oxygen atoms in total. The molecule has 26 heavy (non-hydrogen) atoms. The van der Waals surface area contributed by atoms with E-state index in [1.807, 2.05) is 47.5 Å². The lowest BCUT2D eigenvalue weighted by Gasteiger charge is -2.32. The Morgan fingerprint density at radius 2 is 2.19 bits per heavy atom. The number of aliphatic hydroxyl groups is 1. The number of fused-ring (bicyclic) bond motifs is 1. The maximum Gasteiger partial charge on any atom is 0.253 e. The first kappa shape index (κ1) is 16.7. The lowest BCUT2D eigenvalue weighted by molar-refractivity contribution is 0.0706. The summed E-state index contributed by atoms with van der Waals surface area (Å²) in [5.74, 6) is 0.310. The predicted octanol–water partition coefficient (Wildman–Crippen LogP) is 2.44. The second kappa shape index (κ2) is 7.25. The molecule has 1 aliphatic heterocycles. The third-order valence-electron chi connectivity index (χ3n) is 4.97. The van der Waals surface area contributed by atoms with E-state index in [9.17, 15) is 4.79 Å². The summed E-state index contributed by atoms with van der Waals surface area (Å²) in [5, 5.41) is 14.6. The van der Waals surface area contributed by atoms with E-state index in [1.165, 1.54) is 0 Å². The Morgan fingerprint density at radius 1 is 1.27 bits per heavy atom. The monoisotopic (exact) mass is 350 g/mol. The van der Waals surface area contributed by atoms with Crippen molar-refractivity contribution in [3.05, 3.63) is 60.0 Å². The van der Waals surface area contributed by atoms with Crippen LogP contribution in [0.1, 0.15) is 34.8 Å². The molecule has 6 heteroatoms. The Kier molecular flexibility index (Phi) is 4.67. The molecule has 1 N–H and O–H groups in total. The van der Waals surface area contributed by atoms with Gasteiger partial charge in [-0.25, -0.2) is 0 Å². The SMILES string of the molecule is O=C(c1ccc2ncccc2c1)N1CCC[C@H](c2ccn(CCO)n2)C1. The number of aliphatic hydroxyl groups excluding tert-OH is 1. The van der Waals surface area contributed by atoms with Crippen LogP contribution >= 0.6 is 0 Å². The fourth-order valence-electron chi connectivity index (χ4n) is 3.62. The van der Waals surface area contributed by atoms with Crippen molar-refractivity contribution in [3.63, 3.8) is 0 Å². The zero-order valence-corrected chi connectivity index (χ0v) is 14.6. The molecule has 4 rings (SSSR count). The molecule has 0 unspecified atom stereocenters. The van der Waals surface area contributed by atoms with E-state index < -0.39 is 0 Å². The van der Waals surface area contributed by atoms with Gasteiger partial charge in [-0.05, 0) is 43.2 Å². The average Bonchev–Trinajstić information content (AvgIpc) is 3.16. The molecule has 0 radical (unpaired) electrons. The first-order valence-electron chi connectivity index (χ1n) is 9.03. The van der Waals surface area contributed by atoms with Crippen molar-refractivity contribution in [2.24, 2.45) is 0 Å². The predicted molar refractivity (Wildman–Crippen MR) is 98.9 cm³/mol. The number of piperidine rings is 1. The number of nitrogens with zero attached hydrogens (tertiary/aromatic N) is 4. The molecule has 1 fully saturated rings. The van der Waals surface area contributed by atoms with Crippen molar-refractivity contribution >= 4 is 16.8 Å². The lowest BCUT2D eigenvalue weighted by atomic mass is 9.94. The van der Waals surface area contributed by atoms with Crippen LogP contribution in [0.5, 0.6) is 0 Å². The highest BCUT2D eigenvalue weighted by Gasteiger charge is 2.27. The van der Waals surface area contributed by atoms with Crippen LogP contribution in [0.3, 0.4) is 0 Å². The minimum atomic E-state index is 0.0650. The van der Waals surface area contributed by atoms with E-state index in [4.69, 9.17) is 5.11 Å². The number of amides is 1. The van der Waals surface area contributed by atoms with E-state index >= 15 is 0 Å². The second-order valence-corrected chi connectivity index (χ2v) is 6.73. The van der Waals surface area contributed by atoms with E-state index in [0.717, 1.165) is 36.0 Å². The highest BCUT2D eigenvalue weighted by molar-refractivity contribution is 5.98. The largest absolute Gasteiger partial charge is 0.394 e. The molecule has 1 saturated heterocycles. The van der Waals surface area contributed by atoms with E-state index in [1.54, 1.807) is 10.9 Å². The van der Waals surface area contributed by atoms with Crippen molar-refractivity contribution in [1.29, 1.82) is 0 Å². The van der Waals surface area contributed by atoms with Gasteiger partial charge in [0.15, 0.2) is 0 Å². The number of carbonyl (C=O) groups is 1. The van der Waals surface area contributed by atoms with E-state index in [0.29, 0.717) is 18.7 Å². The Bertz CT molecular complexity index is 921. The van der Waals surface area contributed by atoms with Crippen LogP contribution in [0.2, 0.25) is 0 Å². The lowest BCUT2D eigenvalue weighted by Crippen LogP contribution is -2.39. The summed E-state index contributed by atoms with van der Waals surface area (Å²) in [5.41, 5.74) is 2.60. The molecule has 0 saturated carbocycles. The van der Waals surface area contributed by atoms with Gasteiger partial charge in [0.05, 0.1) is 24.4 Å². The first-order chi connectivity index (χ1) is 12.7. The summed E-state index contributed by atoms with van der Waals surface area (Å²) < 4.78 is 1.76. The van der Waals surface area contributed by atoms with Gasteiger partial charge in [0.2, 0.25) is 0 Å². The van der Waals surface area contributed by atoms with Crippen molar-refractivity contribution in [1.82, 2.24) is 19.7 Å². The zero-order chi connectivity index (χ0) is 17.9. The summed E-state index contributed by atoms with van der Waals surface area (Å²) in [6, 6.07) is 11.5. The summed E-state index contributed by atoms with van der Waals surface area (Å²) in [4.78, 5) is 19.2. The van der Waals surface area contributed by atoms with Crippen molar-refractivity contribution in [2.75, 3.05) is 19.7 Å². The number of hydrogen-bond donors (Lipinski definition) is 1. The molecule has 1 atom stereocenters. The van der Waals surface area contributed by atoms with Crippen molar-refractivity contribution in [2.45, 2.75) is 25.3 Å². The molecular weight excluding hydrogens is 328 g/mol. The highest BCUT2D eigenvalue weighted by atomic mass is 16.3. The van der Waals surface area contributed by atoms with Gasteiger partial charge in [-0.1, -0.05) is 6.07 Å². The molecule has 1 aliphatic rings. The Hall–Kier alpha value is -2.73. The number of carbonyl (C=O) groups excluding carboxylic acids is 1. The molecule has 2 aromatic heterocycles. The maximum absolute atomic E-state index is 13.0. The Morgan fingerprint density at radius 3 is 3.08 bits per heavy atom. The van der Waals surface area contributed by atoms with Gasteiger partial charge in [0, 0.05) is 42.4 Å². The number of pyridine rings is 1. The molecule has 0 aliphatic carbocycles. The van der Waals surface area contributed by atoms with Gasteiger partial charge in [0.25, 0.3) is 5.91 Å². The smallest absolute Gasteiger partial charge is 0.253 e. The summed E-state index contributed by atoms with van der Waals surface area (Å²) in [6.45, 7) is 2.03. The molecule has 3 aromatic rings. The fourth-order valence-corrected chi connectivity index (χ4v) is 3.62. The van der Waals surface area contributed by atoms with Crippen LogP contribution in [0.4, 0.5) is 0 Å². The molecule has 1 aromatic carbocycles. The second-order valence-electron chi connectivity index (χ2n) is 6.73. The van der Waals surface area contributed by atoms with Gasteiger partial charge in [0.1, 0.15) is 0 Å². The third kappa shape index (κ3) is 3.32. The number of hydrogen-bond acceptors (Lipinski definition) is 4. The minimum Gasteiger partial charge on any atom is -0.394 e. The first-order valence-corrected chi connectivity index (χ1v) is 9.03. The number of benzene rings is 1. The van der Waals surface area contributed by atoms with Crippen LogP contribution in [0.25, 0.3) is 10.9 Å². The number of rotatable bonds is 4. The van der Waals surface area contributed by atoms with E-state index in [2.05, 4.69) is 10.1 Å². The molecular formula is C20H22N4O2. The third-order valence-corrected chi connectivity index (χ3v) is 4.97. The molecule has 1 amide bonds. The van der Waals surface area contributed by atoms with Crippen LogP contribution in [-0.2, 0) is 6.54 Å². The Balaban J connectivity index is 1.51. The molecule has 3 heterocycles. The van der Waals surface area contributed by atoms with Crippen LogP contribution in [0.15, 0.2) is 48.8 Å². The summed E-state index contributed by atoms with van der Waals surface area (Å²) in [7, 11) is 0. The molecule has 134 valence electrons. The van der Waals surface area contributed by atoms with Crippen molar-refractivity contribution in [3.8, 4) is 0 Å². The number of aromatic nitrogens is 3. The van der Waals surface area contributed by atoms with E-state index in [-0.39, 0.29) is 18.4 Å². The molecule has 0 bridgehead atoms. The highest BCUT2D eigenvalue weighted by Crippen LogP contribution is 2.27. The van der Waals surface area contributed by atoms with Gasteiger partial charge in [-0.2, -0.15) is 5.10 Å². The normalized spacial score (nSPS) is 17.6. The van der Waals surface area contributed by atoms with Gasteiger partial charge >= 0.3 is 0 Å². The van der Waals surface area contributed by atoms with Crippen LogP contribution in [-0.4, -0.2) is 50.4 Å².